The average Bonchev–Trinajstić information content (AvgIpc) is 2.33. The number of rotatable bonds is 2. The molecule has 0 aromatic heterocycles. The maximum absolute atomic E-state index is 12.6. The largest absolute Gasteiger partial charge is 0.294 e. The van der Waals surface area contributed by atoms with Gasteiger partial charge in [-0.3, -0.25) is 4.79 Å². The molecule has 0 aliphatic heterocycles. The van der Waals surface area contributed by atoms with Gasteiger partial charge in [0, 0.05) is 11.5 Å². The number of carbonyl (C=O) groups excluding carboxylic acids is 1. The number of aryl methyl sites for hydroxylation is 3. The lowest BCUT2D eigenvalue weighted by atomic mass is 9.78. The van der Waals surface area contributed by atoms with E-state index in [1.807, 2.05) is 0 Å². The molecule has 1 aromatic rings. The van der Waals surface area contributed by atoms with Crippen LogP contribution in [0.1, 0.15) is 59.7 Å². The molecule has 0 amide bonds. The predicted molar refractivity (Wildman–Crippen MR) is 76.1 cm³/mol. The smallest absolute Gasteiger partial charge is 0.166 e. The van der Waals surface area contributed by atoms with E-state index in [1.54, 1.807) is 0 Å². The van der Waals surface area contributed by atoms with Crippen molar-refractivity contribution in [1.82, 2.24) is 0 Å². The standard InChI is InChI=1S/C17H24O/c1-11-6-5-7-15(8-11)17(18)16-10-13(3)12(2)9-14(16)4/h9-11,15H,5-8H2,1-4H3. The summed E-state index contributed by atoms with van der Waals surface area (Å²) in [6.45, 7) is 8.53. The van der Waals surface area contributed by atoms with Crippen molar-refractivity contribution in [3.05, 3.63) is 34.4 Å². The van der Waals surface area contributed by atoms with Gasteiger partial charge in [0.05, 0.1) is 0 Å². The summed E-state index contributed by atoms with van der Waals surface area (Å²) in [5, 5.41) is 0. The van der Waals surface area contributed by atoms with Crippen LogP contribution in [-0.2, 0) is 0 Å². The molecule has 1 saturated carbocycles. The summed E-state index contributed by atoms with van der Waals surface area (Å²) in [4.78, 5) is 12.6. The normalized spacial score (nSPS) is 24.0. The lowest BCUT2D eigenvalue weighted by molar-refractivity contribution is 0.0867. The summed E-state index contributed by atoms with van der Waals surface area (Å²) < 4.78 is 0. The van der Waals surface area contributed by atoms with Gasteiger partial charge in [0.15, 0.2) is 5.78 Å². The Morgan fingerprint density at radius 1 is 1.06 bits per heavy atom. The Hall–Kier alpha value is -1.11. The number of hydrogen-bond donors (Lipinski definition) is 0. The van der Waals surface area contributed by atoms with Crippen LogP contribution in [0, 0.1) is 32.6 Å². The van der Waals surface area contributed by atoms with Crippen molar-refractivity contribution in [2.45, 2.75) is 53.4 Å². The van der Waals surface area contributed by atoms with Crippen LogP contribution >= 0.6 is 0 Å². The first-order valence-corrected chi connectivity index (χ1v) is 7.11. The fourth-order valence-corrected chi connectivity index (χ4v) is 3.12. The third-order valence-electron chi connectivity index (χ3n) is 4.41. The number of benzene rings is 1. The Balaban J connectivity index is 2.25. The fraction of sp³-hybridized carbons (Fsp3) is 0.588. The molecule has 1 aliphatic carbocycles. The van der Waals surface area contributed by atoms with E-state index >= 15 is 0 Å². The molecule has 2 rings (SSSR count). The van der Waals surface area contributed by atoms with Crippen LogP contribution in [-0.4, -0.2) is 5.78 Å². The molecule has 1 fully saturated rings. The van der Waals surface area contributed by atoms with Crippen LogP contribution in [0.5, 0.6) is 0 Å². The molecule has 1 aromatic carbocycles. The quantitative estimate of drug-likeness (QED) is 0.694. The molecule has 1 nitrogen and oxygen atoms in total. The number of carbonyl (C=O) groups is 1. The Morgan fingerprint density at radius 2 is 1.72 bits per heavy atom. The van der Waals surface area contributed by atoms with Gasteiger partial charge in [-0.05, 0) is 62.3 Å². The molecule has 0 heterocycles. The SMILES string of the molecule is Cc1cc(C)c(C(=O)C2CCCC(C)C2)cc1C. The summed E-state index contributed by atoms with van der Waals surface area (Å²) >= 11 is 0. The van der Waals surface area contributed by atoms with E-state index < -0.39 is 0 Å². The minimum absolute atomic E-state index is 0.259. The van der Waals surface area contributed by atoms with Crippen LogP contribution in [0.2, 0.25) is 0 Å². The van der Waals surface area contributed by atoms with E-state index in [2.05, 4.69) is 39.8 Å². The third kappa shape index (κ3) is 2.66. The van der Waals surface area contributed by atoms with Gasteiger partial charge in [-0.1, -0.05) is 25.8 Å². The molecule has 0 radical (unpaired) electrons. The van der Waals surface area contributed by atoms with Crippen LogP contribution in [0.15, 0.2) is 12.1 Å². The minimum Gasteiger partial charge on any atom is -0.294 e. The molecule has 98 valence electrons. The van der Waals surface area contributed by atoms with Crippen molar-refractivity contribution in [3.8, 4) is 0 Å². The van der Waals surface area contributed by atoms with Crippen molar-refractivity contribution in [2.24, 2.45) is 11.8 Å². The first-order valence-electron chi connectivity index (χ1n) is 7.11. The van der Waals surface area contributed by atoms with Crippen molar-refractivity contribution < 1.29 is 4.79 Å². The average molecular weight is 244 g/mol. The number of Topliss-reactive ketones (excluding diaryl/α,β-unsaturated/α-hetero) is 1. The molecule has 2 atom stereocenters. The van der Waals surface area contributed by atoms with E-state index in [1.165, 1.54) is 24.0 Å². The number of ketones is 1. The van der Waals surface area contributed by atoms with Gasteiger partial charge in [-0.2, -0.15) is 0 Å². The van der Waals surface area contributed by atoms with Gasteiger partial charge >= 0.3 is 0 Å². The van der Waals surface area contributed by atoms with Crippen molar-refractivity contribution in [1.29, 1.82) is 0 Å². The van der Waals surface area contributed by atoms with Crippen molar-refractivity contribution in [2.75, 3.05) is 0 Å². The molecule has 1 heteroatoms. The lowest BCUT2D eigenvalue weighted by Crippen LogP contribution is -2.22. The van der Waals surface area contributed by atoms with Crippen LogP contribution < -0.4 is 0 Å². The van der Waals surface area contributed by atoms with Crippen molar-refractivity contribution >= 4 is 5.78 Å². The molecular weight excluding hydrogens is 220 g/mol. The number of hydrogen-bond acceptors (Lipinski definition) is 1. The summed E-state index contributed by atoms with van der Waals surface area (Å²) in [7, 11) is 0. The van der Waals surface area contributed by atoms with Gasteiger partial charge in [0.2, 0.25) is 0 Å². The van der Waals surface area contributed by atoms with Gasteiger partial charge < -0.3 is 0 Å². The van der Waals surface area contributed by atoms with E-state index in [-0.39, 0.29) is 5.92 Å². The maximum atomic E-state index is 12.6. The predicted octanol–water partition coefficient (Wildman–Crippen LogP) is 4.62. The van der Waals surface area contributed by atoms with E-state index in [0.29, 0.717) is 11.7 Å². The highest BCUT2D eigenvalue weighted by Gasteiger charge is 2.26. The van der Waals surface area contributed by atoms with Gasteiger partial charge in [-0.25, -0.2) is 0 Å². The minimum atomic E-state index is 0.259. The Bertz CT molecular complexity index is 459. The molecule has 0 spiro atoms. The van der Waals surface area contributed by atoms with Crippen LogP contribution in [0.25, 0.3) is 0 Å². The summed E-state index contributed by atoms with van der Waals surface area (Å²) in [5.74, 6) is 1.34. The summed E-state index contributed by atoms with van der Waals surface area (Å²) in [6, 6.07) is 4.24. The van der Waals surface area contributed by atoms with Gasteiger partial charge in [0.1, 0.15) is 0 Å². The van der Waals surface area contributed by atoms with Gasteiger partial charge in [-0.15, -0.1) is 0 Å². The Kier molecular flexibility index (Phi) is 3.89. The first kappa shape index (κ1) is 13.3. The van der Waals surface area contributed by atoms with Crippen LogP contribution in [0.3, 0.4) is 0 Å². The molecule has 0 N–H and O–H groups in total. The zero-order chi connectivity index (χ0) is 13.3. The van der Waals surface area contributed by atoms with E-state index in [0.717, 1.165) is 24.0 Å². The maximum Gasteiger partial charge on any atom is 0.166 e. The highest BCUT2D eigenvalue weighted by atomic mass is 16.1. The van der Waals surface area contributed by atoms with E-state index in [9.17, 15) is 4.79 Å². The Labute approximate surface area is 111 Å². The Morgan fingerprint density at radius 3 is 2.39 bits per heavy atom. The summed E-state index contributed by atoms with van der Waals surface area (Å²) in [6.07, 6.45) is 4.65. The molecule has 0 saturated heterocycles. The topological polar surface area (TPSA) is 17.1 Å². The molecule has 18 heavy (non-hydrogen) atoms. The highest BCUT2D eigenvalue weighted by Crippen LogP contribution is 2.32. The fourth-order valence-electron chi connectivity index (χ4n) is 3.12. The van der Waals surface area contributed by atoms with E-state index in [4.69, 9.17) is 0 Å². The third-order valence-corrected chi connectivity index (χ3v) is 4.41. The molecule has 0 bridgehead atoms. The lowest BCUT2D eigenvalue weighted by Gasteiger charge is -2.26. The van der Waals surface area contributed by atoms with Gasteiger partial charge in [0.25, 0.3) is 0 Å². The second-order valence-electron chi connectivity index (χ2n) is 6.08. The first-order chi connectivity index (χ1) is 8.49. The monoisotopic (exact) mass is 244 g/mol. The molecule has 2 unspecified atom stereocenters. The molecular formula is C17H24O. The zero-order valence-electron chi connectivity index (χ0n) is 12.0. The highest BCUT2D eigenvalue weighted by molar-refractivity contribution is 5.99. The second-order valence-corrected chi connectivity index (χ2v) is 6.08. The van der Waals surface area contributed by atoms with Crippen molar-refractivity contribution in [3.63, 3.8) is 0 Å². The van der Waals surface area contributed by atoms with Crippen LogP contribution in [0.4, 0.5) is 0 Å². The second kappa shape index (κ2) is 5.26. The summed E-state index contributed by atoms with van der Waals surface area (Å²) in [5.41, 5.74) is 4.60. The molecule has 1 aliphatic rings. The zero-order valence-corrected chi connectivity index (χ0v) is 12.0.